The van der Waals surface area contributed by atoms with Gasteiger partial charge in [0.1, 0.15) is 5.03 Å². The van der Waals surface area contributed by atoms with Crippen LogP contribution in [-0.4, -0.2) is 16.5 Å². The lowest BCUT2D eigenvalue weighted by Crippen LogP contribution is -1.94. The second kappa shape index (κ2) is 6.23. The van der Waals surface area contributed by atoms with Crippen LogP contribution in [-0.2, 0) is 5.75 Å². The molecule has 6 heteroatoms. The van der Waals surface area contributed by atoms with E-state index in [2.05, 4.69) is 22.2 Å². The van der Waals surface area contributed by atoms with E-state index in [1.54, 1.807) is 29.3 Å². The average molecular weight is 286 g/mol. The van der Waals surface area contributed by atoms with Crippen molar-refractivity contribution in [3.8, 4) is 0 Å². The number of nitrogens with one attached hydrogen (secondary N) is 1. The van der Waals surface area contributed by atoms with Crippen molar-refractivity contribution in [3.05, 3.63) is 34.4 Å². The highest BCUT2D eigenvalue weighted by Gasteiger charge is 2.05. The Bertz CT molecular complexity index is 487. The van der Waals surface area contributed by atoms with E-state index in [0.717, 1.165) is 22.5 Å². The number of halogens is 1. The molecule has 3 nitrogen and oxygen atoms in total. The molecule has 0 spiro atoms. The zero-order valence-corrected chi connectivity index (χ0v) is 11.7. The summed E-state index contributed by atoms with van der Waals surface area (Å²) in [6.07, 6.45) is 3.65. The smallest absolute Gasteiger partial charge is 0.182 e. The van der Waals surface area contributed by atoms with Crippen LogP contribution in [0.3, 0.4) is 0 Å². The molecule has 1 N–H and O–H groups in total. The molecule has 0 saturated carbocycles. The molecular weight excluding hydrogens is 274 g/mol. The van der Waals surface area contributed by atoms with Gasteiger partial charge in [-0.3, -0.25) is 0 Å². The molecule has 2 heterocycles. The van der Waals surface area contributed by atoms with Crippen molar-refractivity contribution < 1.29 is 0 Å². The summed E-state index contributed by atoms with van der Waals surface area (Å²) < 4.78 is 0. The summed E-state index contributed by atoms with van der Waals surface area (Å²) in [7, 11) is 0. The minimum absolute atomic E-state index is 0.703. The van der Waals surface area contributed by atoms with E-state index in [1.807, 2.05) is 18.3 Å². The molecule has 0 atom stereocenters. The third-order valence-electron chi connectivity index (χ3n) is 1.96. The van der Waals surface area contributed by atoms with Crippen molar-refractivity contribution in [1.29, 1.82) is 0 Å². The summed E-state index contributed by atoms with van der Waals surface area (Å²) in [6.45, 7) is 2.95. The fourth-order valence-corrected chi connectivity index (χ4v) is 3.29. The summed E-state index contributed by atoms with van der Waals surface area (Å²) in [5, 5.41) is 5.73. The molecule has 2 aromatic heterocycles. The van der Waals surface area contributed by atoms with Gasteiger partial charge in [-0.15, -0.1) is 11.3 Å². The van der Waals surface area contributed by atoms with Crippen molar-refractivity contribution in [1.82, 2.24) is 9.97 Å². The van der Waals surface area contributed by atoms with Gasteiger partial charge in [-0.1, -0.05) is 23.4 Å². The van der Waals surface area contributed by atoms with Crippen LogP contribution in [0.15, 0.2) is 29.6 Å². The minimum Gasteiger partial charge on any atom is -0.362 e. The van der Waals surface area contributed by atoms with E-state index in [0.29, 0.717) is 5.02 Å². The number of pyridine rings is 1. The van der Waals surface area contributed by atoms with Crippen LogP contribution in [0.4, 0.5) is 5.13 Å². The Morgan fingerprint density at radius 1 is 1.47 bits per heavy atom. The molecule has 0 aromatic carbocycles. The first-order valence-electron chi connectivity index (χ1n) is 5.21. The van der Waals surface area contributed by atoms with Crippen LogP contribution in [0.1, 0.15) is 11.8 Å². The molecule has 0 aliphatic rings. The number of aromatic nitrogens is 2. The van der Waals surface area contributed by atoms with Gasteiger partial charge in [-0.2, -0.15) is 0 Å². The molecule has 2 aromatic rings. The Morgan fingerprint density at radius 3 is 3.12 bits per heavy atom. The number of hydrogen-bond donors (Lipinski definition) is 1. The topological polar surface area (TPSA) is 37.8 Å². The molecule has 17 heavy (non-hydrogen) atoms. The Hall–Kier alpha value is -0.780. The normalized spacial score (nSPS) is 10.5. The van der Waals surface area contributed by atoms with Gasteiger partial charge >= 0.3 is 0 Å². The fraction of sp³-hybridized carbons (Fsp3) is 0.273. The van der Waals surface area contributed by atoms with Gasteiger partial charge in [0.25, 0.3) is 0 Å². The number of nitrogens with zero attached hydrogens (tertiary/aromatic N) is 2. The second-order valence-electron chi connectivity index (χ2n) is 3.24. The maximum atomic E-state index is 6.04. The summed E-state index contributed by atoms with van der Waals surface area (Å²) >= 11 is 9.34. The van der Waals surface area contributed by atoms with Crippen molar-refractivity contribution >= 4 is 39.8 Å². The number of thioether (sulfide) groups is 1. The maximum absolute atomic E-state index is 6.04. The highest BCUT2D eigenvalue weighted by Crippen LogP contribution is 2.30. The third kappa shape index (κ3) is 3.59. The van der Waals surface area contributed by atoms with E-state index in [9.17, 15) is 0 Å². The van der Waals surface area contributed by atoms with Gasteiger partial charge in [-0.05, 0) is 19.1 Å². The standard InChI is InChI=1S/C11H12ClN3S2/c1-2-13-11-15-6-8(17-11)7-16-10-9(12)4-3-5-14-10/h3-6H,2,7H2,1H3,(H,13,15). The lowest BCUT2D eigenvalue weighted by molar-refractivity contribution is 1.13. The largest absolute Gasteiger partial charge is 0.362 e. The summed E-state index contributed by atoms with van der Waals surface area (Å²) in [5.74, 6) is 0.847. The van der Waals surface area contributed by atoms with Crippen LogP contribution in [0.25, 0.3) is 0 Å². The second-order valence-corrected chi connectivity index (χ2v) is 5.73. The van der Waals surface area contributed by atoms with Crippen LogP contribution in [0.5, 0.6) is 0 Å². The van der Waals surface area contributed by atoms with E-state index < -0.39 is 0 Å². The monoisotopic (exact) mass is 285 g/mol. The van der Waals surface area contributed by atoms with Crippen LogP contribution < -0.4 is 5.32 Å². The number of thiazole rings is 1. The Kier molecular flexibility index (Phi) is 4.65. The van der Waals surface area contributed by atoms with Gasteiger partial charge in [0.2, 0.25) is 0 Å². The van der Waals surface area contributed by atoms with Crippen molar-refractivity contribution in [2.24, 2.45) is 0 Å². The van der Waals surface area contributed by atoms with Gasteiger partial charge < -0.3 is 5.32 Å². The molecule has 0 amide bonds. The zero-order chi connectivity index (χ0) is 12.1. The highest BCUT2D eigenvalue weighted by atomic mass is 35.5. The molecule has 90 valence electrons. The van der Waals surface area contributed by atoms with Gasteiger partial charge in [0.05, 0.1) is 5.02 Å². The number of hydrogen-bond acceptors (Lipinski definition) is 5. The Balaban J connectivity index is 1.95. The van der Waals surface area contributed by atoms with E-state index in [-0.39, 0.29) is 0 Å². The molecule has 0 unspecified atom stereocenters. The lowest BCUT2D eigenvalue weighted by Gasteiger charge is -2.00. The first-order valence-corrected chi connectivity index (χ1v) is 7.39. The fourth-order valence-electron chi connectivity index (χ4n) is 1.22. The van der Waals surface area contributed by atoms with Gasteiger partial charge in [-0.25, -0.2) is 9.97 Å². The highest BCUT2D eigenvalue weighted by molar-refractivity contribution is 7.98. The van der Waals surface area contributed by atoms with Crippen molar-refractivity contribution in [3.63, 3.8) is 0 Å². The summed E-state index contributed by atoms with van der Waals surface area (Å²) in [6, 6.07) is 3.69. The first kappa shape index (κ1) is 12.7. The predicted octanol–water partition coefficient (Wildman–Crippen LogP) is 3.92. The first-order chi connectivity index (χ1) is 8.29. The van der Waals surface area contributed by atoms with Crippen molar-refractivity contribution in [2.75, 3.05) is 11.9 Å². The van der Waals surface area contributed by atoms with E-state index >= 15 is 0 Å². The predicted molar refractivity (Wildman–Crippen MR) is 75.1 cm³/mol. The zero-order valence-electron chi connectivity index (χ0n) is 9.31. The van der Waals surface area contributed by atoms with E-state index in [4.69, 9.17) is 11.6 Å². The van der Waals surface area contributed by atoms with Crippen LogP contribution in [0, 0.1) is 0 Å². The maximum Gasteiger partial charge on any atom is 0.182 e. The van der Waals surface area contributed by atoms with Crippen LogP contribution in [0.2, 0.25) is 5.02 Å². The SMILES string of the molecule is CCNc1ncc(CSc2ncccc2Cl)s1. The average Bonchev–Trinajstić information content (AvgIpc) is 2.76. The summed E-state index contributed by atoms with van der Waals surface area (Å²) in [5.41, 5.74) is 0. The number of anilines is 1. The molecular formula is C11H12ClN3S2. The Morgan fingerprint density at radius 2 is 2.35 bits per heavy atom. The molecule has 0 aliphatic heterocycles. The molecule has 0 bridgehead atoms. The third-order valence-corrected chi connectivity index (χ3v) is 4.57. The lowest BCUT2D eigenvalue weighted by atomic mass is 10.5. The quantitative estimate of drug-likeness (QED) is 0.845. The molecule has 0 fully saturated rings. The molecule has 0 aliphatic carbocycles. The van der Waals surface area contributed by atoms with Crippen molar-refractivity contribution in [2.45, 2.75) is 17.7 Å². The van der Waals surface area contributed by atoms with E-state index in [1.165, 1.54) is 4.88 Å². The number of rotatable bonds is 5. The molecule has 0 radical (unpaired) electrons. The molecule has 2 rings (SSSR count). The van der Waals surface area contributed by atoms with Crippen LogP contribution >= 0.6 is 34.7 Å². The van der Waals surface area contributed by atoms with Gasteiger partial charge in [0.15, 0.2) is 5.13 Å². The minimum atomic E-state index is 0.703. The molecule has 0 saturated heterocycles. The Labute approximate surface area is 114 Å². The van der Waals surface area contributed by atoms with Gasteiger partial charge in [0, 0.05) is 29.6 Å². The summed E-state index contributed by atoms with van der Waals surface area (Å²) in [4.78, 5) is 9.73.